The Balaban J connectivity index is 1.59. The fourth-order valence-electron chi connectivity index (χ4n) is 2.30. The van der Waals surface area contributed by atoms with Gasteiger partial charge >= 0.3 is 6.09 Å². The third kappa shape index (κ3) is 5.19. The van der Waals surface area contributed by atoms with Crippen molar-refractivity contribution in [1.82, 2.24) is 10.2 Å². The largest absolute Gasteiger partial charge is 0.445 e. The Morgan fingerprint density at radius 2 is 2.00 bits per heavy atom. The lowest BCUT2D eigenvalue weighted by Crippen LogP contribution is -2.39. The molecule has 0 spiro atoms. The maximum Gasteiger partial charge on any atom is 0.407 e. The van der Waals surface area contributed by atoms with Gasteiger partial charge in [-0.3, -0.25) is 0 Å². The number of benzene rings is 1. The minimum Gasteiger partial charge on any atom is -0.445 e. The molecule has 1 unspecified atom stereocenters. The van der Waals surface area contributed by atoms with Crippen molar-refractivity contribution >= 4 is 6.09 Å². The SMILES string of the molecule is O=C(NCC(O)CN1CCCC1)OCc1ccccc1. The number of nitrogens with zero attached hydrogens (tertiary/aromatic N) is 1. The molecule has 1 heterocycles. The maximum atomic E-state index is 11.5. The lowest BCUT2D eigenvalue weighted by molar-refractivity contribution is 0.108. The number of nitrogens with one attached hydrogen (secondary N) is 1. The average molecular weight is 278 g/mol. The van der Waals surface area contributed by atoms with Gasteiger partial charge in [0.15, 0.2) is 0 Å². The summed E-state index contributed by atoms with van der Waals surface area (Å²) in [4.78, 5) is 13.7. The number of hydrogen-bond acceptors (Lipinski definition) is 4. The Hall–Kier alpha value is -1.59. The molecule has 20 heavy (non-hydrogen) atoms. The normalized spacial score (nSPS) is 16.9. The van der Waals surface area contributed by atoms with Gasteiger partial charge in [0.25, 0.3) is 0 Å². The molecule has 0 aromatic heterocycles. The molecule has 1 aliphatic rings. The van der Waals surface area contributed by atoms with Crippen LogP contribution in [0.1, 0.15) is 18.4 Å². The number of ether oxygens (including phenoxy) is 1. The van der Waals surface area contributed by atoms with E-state index in [9.17, 15) is 9.90 Å². The number of β-amino-alcohol motifs (C(OH)–C–C–N with tert-alkyl or cyclic N) is 1. The van der Waals surface area contributed by atoms with E-state index in [1.54, 1.807) is 0 Å². The first-order chi connectivity index (χ1) is 9.74. The van der Waals surface area contributed by atoms with Gasteiger partial charge in [0, 0.05) is 13.1 Å². The van der Waals surface area contributed by atoms with Gasteiger partial charge in [-0.05, 0) is 31.5 Å². The molecule has 0 aliphatic carbocycles. The van der Waals surface area contributed by atoms with Gasteiger partial charge < -0.3 is 20.1 Å². The van der Waals surface area contributed by atoms with Crippen molar-refractivity contribution in [2.45, 2.75) is 25.6 Å². The zero-order chi connectivity index (χ0) is 14.2. The Morgan fingerprint density at radius 3 is 2.70 bits per heavy atom. The molecule has 1 aliphatic heterocycles. The van der Waals surface area contributed by atoms with E-state index in [-0.39, 0.29) is 13.2 Å². The molecule has 2 rings (SSSR count). The molecule has 1 aromatic rings. The van der Waals surface area contributed by atoms with E-state index in [4.69, 9.17) is 4.74 Å². The first-order valence-electron chi connectivity index (χ1n) is 7.09. The number of hydrogen-bond donors (Lipinski definition) is 2. The Labute approximate surface area is 119 Å². The molecule has 0 radical (unpaired) electrons. The highest BCUT2D eigenvalue weighted by atomic mass is 16.5. The van der Waals surface area contributed by atoms with Gasteiger partial charge in [0.05, 0.1) is 6.10 Å². The Bertz CT molecular complexity index is 405. The maximum absolute atomic E-state index is 11.5. The van der Waals surface area contributed by atoms with Crippen LogP contribution in [0.5, 0.6) is 0 Å². The quantitative estimate of drug-likeness (QED) is 0.825. The number of rotatable bonds is 6. The standard InChI is InChI=1S/C15H22N2O3/c18-14(11-17-8-4-5-9-17)10-16-15(19)20-12-13-6-2-1-3-7-13/h1-3,6-7,14,18H,4-5,8-12H2,(H,16,19). The van der Waals surface area contributed by atoms with Crippen LogP contribution in [0.2, 0.25) is 0 Å². The van der Waals surface area contributed by atoms with Crippen molar-refractivity contribution in [3.63, 3.8) is 0 Å². The van der Waals surface area contributed by atoms with Gasteiger partial charge in [-0.1, -0.05) is 30.3 Å². The van der Waals surface area contributed by atoms with Gasteiger partial charge in [-0.2, -0.15) is 0 Å². The number of likely N-dealkylation sites (tertiary alicyclic amines) is 1. The molecule has 110 valence electrons. The summed E-state index contributed by atoms with van der Waals surface area (Å²) in [6.07, 6.45) is 1.35. The molecule has 1 fully saturated rings. The zero-order valence-corrected chi connectivity index (χ0v) is 11.6. The van der Waals surface area contributed by atoms with Crippen molar-refractivity contribution in [1.29, 1.82) is 0 Å². The lowest BCUT2D eigenvalue weighted by atomic mass is 10.2. The number of aliphatic hydroxyl groups excluding tert-OH is 1. The second-order valence-corrected chi connectivity index (χ2v) is 5.10. The summed E-state index contributed by atoms with van der Waals surface area (Å²) in [5, 5.41) is 12.4. The van der Waals surface area contributed by atoms with E-state index in [1.165, 1.54) is 12.8 Å². The molecular formula is C15H22N2O3. The lowest BCUT2D eigenvalue weighted by Gasteiger charge is -2.19. The van der Waals surface area contributed by atoms with E-state index in [0.29, 0.717) is 6.54 Å². The first-order valence-corrected chi connectivity index (χ1v) is 7.09. The second-order valence-electron chi connectivity index (χ2n) is 5.10. The minimum atomic E-state index is -0.544. The van der Waals surface area contributed by atoms with Crippen LogP contribution in [-0.4, -0.2) is 48.4 Å². The topological polar surface area (TPSA) is 61.8 Å². The van der Waals surface area contributed by atoms with Crippen molar-refractivity contribution in [2.24, 2.45) is 0 Å². The van der Waals surface area contributed by atoms with E-state index in [1.807, 2.05) is 30.3 Å². The number of amides is 1. The van der Waals surface area contributed by atoms with Crippen LogP contribution in [-0.2, 0) is 11.3 Å². The molecule has 1 aromatic carbocycles. The highest BCUT2D eigenvalue weighted by Gasteiger charge is 2.16. The van der Waals surface area contributed by atoms with Crippen LogP contribution in [0.4, 0.5) is 4.79 Å². The van der Waals surface area contributed by atoms with Crippen LogP contribution < -0.4 is 5.32 Å². The van der Waals surface area contributed by atoms with Crippen LogP contribution >= 0.6 is 0 Å². The highest BCUT2D eigenvalue weighted by Crippen LogP contribution is 2.07. The molecule has 0 saturated carbocycles. The molecule has 5 nitrogen and oxygen atoms in total. The van der Waals surface area contributed by atoms with Gasteiger partial charge in [0.2, 0.25) is 0 Å². The summed E-state index contributed by atoms with van der Waals surface area (Å²) >= 11 is 0. The summed E-state index contributed by atoms with van der Waals surface area (Å²) in [5.74, 6) is 0. The summed E-state index contributed by atoms with van der Waals surface area (Å²) in [7, 11) is 0. The fourth-order valence-corrected chi connectivity index (χ4v) is 2.30. The van der Waals surface area contributed by atoms with Crippen LogP contribution in [0.3, 0.4) is 0 Å². The molecule has 1 amide bonds. The van der Waals surface area contributed by atoms with E-state index < -0.39 is 12.2 Å². The average Bonchev–Trinajstić information content (AvgIpc) is 2.97. The number of carbonyl (C=O) groups excluding carboxylic acids is 1. The third-order valence-electron chi connectivity index (χ3n) is 3.36. The molecule has 2 N–H and O–H groups in total. The van der Waals surface area contributed by atoms with Crippen LogP contribution in [0, 0.1) is 0 Å². The van der Waals surface area contributed by atoms with E-state index >= 15 is 0 Å². The molecule has 5 heteroatoms. The van der Waals surface area contributed by atoms with E-state index in [2.05, 4.69) is 10.2 Å². The van der Waals surface area contributed by atoms with Gasteiger partial charge in [0.1, 0.15) is 6.61 Å². The molecular weight excluding hydrogens is 256 g/mol. The van der Waals surface area contributed by atoms with Gasteiger partial charge in [-0.15, -0.1) is 0 Å². The molecule has 1 saturated heterocycles. The van der Waals surface area contributed by atoms with Crippen LogP contribution in [0.15, 0.2) is 30.3 Å². The molecule has 0 bridgehead atoms. The summed E-state index contributed by atoms with van der Waals surface area (Å²) in [5.41, 5.74) is 0.945. The number of aliphatic hydroxyl groups is 1. The predicted octanol–water partition coefficient (Wildman–Crippen LogP) is 1.37. The first kappa shape index (κ1) is 14.8. The van der Waals surface area contributed by atoms with Crippen molar-refractivity contribution in [3.8, 4) is 0 Å². The Morgan fingerprint density at radius 1 is 1.30 bits per heavy atom. The summed E-state index contributed by atoms with van der Waals surface area (Å²) in [6.45, 7) is 3.16. The van der Waals surface area contributed by atoms with Gasteiger partial charge in [-0.25, -0.2) is 4.79 Å². The second kappa shape index (κ2) is 7.87. The van der Waals surface area contributed by atoms with Crippen molar-refractivity contribution < 1.29 is 14.6 Å². The number of alkyl carbamates (subject to hydrolysis) is 1. The predicted molar refractivity (Wildman–Crippen MR) is 76.3 cm³/mol. The monoisotopic (exact) mass is 278 g/mol. The summed E-state index contributed by atoms with van der Waals surface area (Å²) in [6, 6.07) is 9.51. The molecule has 1 atom stereocenters. The smallest absolute Gasteiger partial charge is 0.407 e. The van der Waals surface area contributed by atoms with Crippen LogP contribution in [0.25, 0.3) is 0 Å². The number of carbonyl (C=O) groups is 1. The fraction of sp³-hybridized carbons (Fsp3) is 0.533. The Kier molecular flexibility index (Phi) is 5.83. The highest BCUT2D eigenvalue weighted by molar-refractivity contribution is 5.67. The van der Waals surface area contributed by atoms with E-state index in [0.717, 1.165) is 18.7 Å². The third-order valence-corrected chi connectivity index (χ3v) is 3.36. The van der Waals surface area contributed by atoms with Crippen molar-refractivity contribution in [3.05, 3.63) is 35.9 Å². The zero-order valence-electron chi connectivity index (χ0n) is 11.6. The minimum absolute atomic E-state index is 0.226. The summed E-state index contributed by atoms with van der Waals surface area (Å²) < 4.78 is 5.07. The van der Waals surface area contributed by atoms with Crippen molar-refractivity contribution in [2.75, 3.05) is 26.2 Å².